The Kier molecular flexibility index (Phi) is 4.02. The lowest BCUT2D eigenvalue weighted by Gasteiger charge is -2.07. The van der Waals surface area contributed by atoms with E-state index in [1.807, 2.05) is 36.4 Å². The first-order valence-electron chi connectivity index (χ1n) is 9.15. The molecule has 0 saturated carbocycles. The molecule has 0 aromatic heterocycles. The molecule has 0 saturated heterocycles. The van der Waals surface area contributed by atoms with Gasteiger partial charge in [0, 0.05) is 12.1 Å². The van der Waals surface area contributed by atoms with Gasteiger partial charge in [-0.1, -0.05) is 36.4 Å². The summed E-state index contributed by atoms with van der Waals surface area (Å²) < 4.78 is 54.3. The lowest BCUT2D eigenvalue weighted by atomic mass is 9.98. The third kappa shape index (κ3) is 3.21. The number of hydrogen-bond acceptors (Lipinski definition) is 0. The van der Waals surface area contributed by atoms with E-state index in [9.17, 15) is 17.6 Å². The van der Waals surface area contributed by atoms with Crippen molar-refractivity contribution in [2.75, 3.05) is 0 Å². The van der Waals surface area contributed by atoms with Gasteiger partial charge in [-0.25, -0.2) is 17.6 Å². The highest BCUT2D eigenvalue weighted by atomic mass is 19.1. The maximum absolute atomic E-state index is 13.6. The highest BCUT2D eigenvalue weighted by molar-refractivity contribution is 5.82. The van der Waals surface area contributed by atoms with Crippen LogP contribution in [0.3, 0.4) is 0 Å². The summed E-state index contributed by atoms with van der Waals surface area (Å²) in [6.45, 7) is 0. The van der Waals surface area contributed by atoms with Gasteiger partial charge in [0.2, 0.25) is 0 Å². The Morgan fingerprint density at radius 2 is 0.793 bits per heavy atom. The third-order valence-electron chi connectivity index (χ3n) is 5.27. The van der Waals surface area contributed by atoms with Gasteiger partial charge >= 0.3 is 0 Å². The van der Waals surface area contributed by atoms with Crippen molar-refractivity contribution >= 4 is 0 Å². The average Bonchev–Trinajstić information content (AvgIpc) is 3.03. The van der Waals surface area contributed by atoms with E-state index in [0.29, 0.717) is 17.5 Å². The zero-order valence-corrected chi connectivity index (χ0v) is 15.1. The summed E-state index contributed by atoms with van der Waals surface area (Å²) in [5.41, 5.74) is 6.64. The molecule has 4 heteroatoms. The predicted molar refractivity (Wildman–Crippen MR) is 105 cm³/mol. The summed E-state index contributed by atoms with van der Waals surface area (Å²) in [6, 6.07) is 18.4. The summed E-state index contributed by atoms with van der Waals surface area (Å²) in [7, 11) is 0. The largest absolute Gasteiger partial charge is 0.207 e. The molecule has 0 spiro atoms. The molecule has 0 atom stereocenters. The minimum Gasteiger partial charge on any atom is -0.207 e. The second-order valence-electron chi connectivity index (χ2n) is 7.24. The molecule has 0 amide bonds. The van der Waals surface area contributed by atoms with E-state index in [1.165, 1.54) is 24.3 Å². The monoisotopic (exact) mass is 390 g/mol. The molecule has 1 aliphatic rings. The molecule has 0 radical (unpaired) electrons. The molecule has 0 aliphatic heterocycles. The van der Waals surface area contributed by atoms with E-state index in [-0.39, 0.29) is 0 Å². The lowest BCUT2D eigenvalue weighted by molar-refractivity contribution is 0.583. The Hall–Kier alpha value is -3.40. The molecule has 29 heavy (non-hydrogen) atoms. The van der Waals surface area contributed by atoms with Crippen LogP contribution in [0.25, 0.3) is 33.4 Å². The van der Waals surface area contributed by atoms with Gasteiger partial charge in [0.25, 0.3) is 0 Å². The Bertz CT molecular complexity index is 1130. The summed E-state index contributed by atoms with van der Waals surface area (Å²) in [6.07, 6.45) is 0.641. The van der Waals surface area contributed by atoms with Gasteiger partial charge in [0.1, 0.15) is 23.3 Å². The van der Waals surface area contributed by atoms with Crippen LogP contribution in [0.15, 0.2) is 72.8 Å². The molecule has 0 heterocycles. The molecule has 142 valence electrons. The van der Waals surface area contributed by atoms with Crippen molar-refractivity contribution < 1.29 is 17.6 Å². The SMILES string of the molecule is Fc1cc(F)cc(-c2ccc3c(c2)Cc2cc(-c4cc(F)cc(F)c4)ccc2-3)c1. The van der Waals surface area contributed by atoms with Crippen molar-refractivity contribution in [2.45, 2.75) is 6.42 Å². The van der Waals surface area contributed by atoms with Crippen molar-refractivity contribution in [2.24, 2.45) is 0 Å². The first-order chi connectivity index (χ1) is 14.0. The van der Waals surface area contributed by atoms with E-state index in [0.717, 1.165) is 45.5 Å². The Balaban J connectivity index is 1.53. The van der Waals surface area contributed by atoms with Crippen molar-refractivity contribution in [3.63, 3.8) is 0 Å². The molecule has 0 nitrogen and oxygen atoms in total. The minimum atomic E-state index is -0.615. The predicted octanol–water partition coefficient (Wildman–Crippen LogP) is 7.15. The van der Waals surface area contributed by atoms with Crippen LogP contribution in [0.2, 0.25) is 0 Å². The number of benzene rings is 4. The number of rotatable bonds is 2. The molecule has 5 rings (SSSR count). The standard InChI is InChI=1S/C25H14F4/c26-20-8-16(9-21(27)12-20)14-1-3-24-18(5-14)7-19-6-15(2-4-25(19)24)17-10-22(28)13-23(29)11-17/h1-6,8-13H,7H2. The van der Waals surface area contributed by atoms with E-state index in [1.54, 1.807) is 0 Å². The van der Waals surface area contributed by atoms with Crippen molar-refractivity contribution in [3.8, 4) is 33.4 Å². The van der Waals surface area contributed by atoms with Crippen LogP contribution < -0.4 is 0 Å². The Labute approximate surface area is 165 Å². The van der Waals surface area contributed by atoms with E-state index in [4.69, 9.17) is 0 Å². The summed E-state index contributed by atoms with van der Waals surface area (Å²) in [5, 5.41) is 0. The maximum Gasteiger partial charge on any atom is 0.126 e. The molecule has 0 fully saturated rings. The molecular weight excluding hydrogens is 376 g/mol. The van der Waals surface area contributed by atoms with Gasteiger partial charge in [-0.3, -0.25) is 0 Å². The van der Waals surface area contributed by atoms with Gasteiger partial charge in [-0.15, -0.1) is 0 Å². The van der Waals surface area contributed by atoms with Gasteiger partial charge in [0.15, 0.2) is 0 Å². The summed E-state index contributed by atoms with van der Waals surface area (Å²) >= 11 is 0. The lowest BCUT2D eigenvalue weighted by Crippen LogP contribution is -1.87. The smallest absolute Gasteiger partial charge is 0.126 e. The molecular formula is C25H14F4. The van der Waals surface area contributed by atoms with Crippen LogP contribution in [0.5, 0.6) is 0 Å². The van der Waals surface area contributed by atoms with E-state index >= 15 is 0 Å². The van der Waals surface area contributed by atoms with Crippen molar-refractivity contribution in [3.05, 3.63) is 107 Å². The Morgan fingerprint density at radius 3 is 1.17 bits per heavy atom. The van der Waals surface area contributed by atoms with Crippen LogP contribution in [0.4, 0.5) is 17.6 Å². The van der Waals surface area contributed by atoms with Gasteiger partial charge < -0.3 is 0 Å². The second-order valence-corrected chi connectivity index (χ2v) is 7.24. The number of fused-ring (bicyclic) bond motifs is 3. The molecule has 4 aromatic carbocycles. The summed E-state index contributed by atoms with van der Waals surface area (Å²) in [5.74, 6) is -2.46. The van der Waals surface area contributed by atoms with Crippen molar-refractivity contribution in [1.29, 1.82) is 0 Å². The van der Waals surface area contributed by atoms with Crippen LogP contribution in [-0.2, 0) is 6.42 Å². The van der Waals surface area contributed by atoms with Crippen LogP contribution in [0, 0.1) is 23.3 Å². The second kappa shape index (κ2) is 6.59. The van der Waals surface area contributed by atoms with E-state index < -0.39 is 23.3 Å². The van der Waals surface area contributed by atoms with Crippen LogP contribution in [0.1, 0.15) is 11.1 Å². The molecule has 0 N–H and O–H groups in total. The zero-order valence-electron chi connectivity index (χ0n) is 15.1. The zero-order chi connectivity index (χ0) is 20.1. The van der Waals surface area contributed by atoms with Crippen LogP contribution in [-0.4, -0.2) is 0 Å². The van der Waals surface area contributed by atoms with Gasteiger partial charge in [-0.2, -0.15) is 0 Å². The number of halogens is 4. The number of hydrogen-bond donors (Lipinski definition) is 0. The molecule has 1 aliphatic carbocycles. The van der Waals surface area contributed by atoms with Gasteiger partial charge in [0.05, 0.1) is 0 Å². The first-order valence-corrected chi connectivity index (χ1v) is 9.15. The van der Waals surface area contributed by atoms with Crippen LogP contribution >= 0.6 is 0 Å². The normalized spacial score (nSPS) is 12.0. The maximum atomic E-state index is 13.6. The highest BCUT2D eigenvalue weighted by Gasteiger charge is 2.20. The highest BCUT2D eigenvalue weighted by Crippen LogP contribution is 2.40. The topological polar surface area (TPSA) is 0 Å². The fraction of sp³-hybridized carbons (Fsp3) is 0.0400. The first kappa shape index (κ1) is 17.7. The fourth-order valence-corrected chi connectivity index (χ4v) is 4.01. The third-order valence-corrected chi connectivity index (χ3v) is 5.27. The molecule has 0 bridgehead atoms. The van der Waals surface area contributed by atoms with Crippen molar-refractivity contribution in [1.82, 2.24) is 0 Å². The molecule has 4 aromatic rings. The van der Waals surface area contributed by atoms with Gasteiger partial charge in [-0.05, 0) is 75.2 Å². The fourth-order valence-electron chi connectivity index (χ4n) is 4.01. The summed E-state index contributed by atoms with van der Waals surface area (Å²) in [4.78, 5) is 0. The quantitative estimate of drug-likeness (QED) is 0.281. The average molecular weight is 390 g/mol. The minimum absolute atomic E-state index is 0.484. The molecule has 0 unspecified atom stereocenters. The van der Waals surface area contributed by atoms with E-state index in [2.05, 4.69) is 0 Å². The Morgan fingerprint density at radius 1 is 0.414 bits per heavy atom.